The molecule has 0 aliphatic rings. The summed E-state index contributed by atoms with van der Waals surface area (Å²) in [4.78, 5) is 12.6. The van der Waals surface area contributed by atoms with E-state index < -0.39 is 16.8 Å². The van der Waals surface area contributed by atoms with E-state index in [-0.39, 0.29) is 11.3 Å². The first-order chi connectivity index (χ1) is 8.21. The second kappa shape index (κ2) is 5.63. The van der Waals surface area contributed by atoms with Crippen molar-refractivity contribution in [2.75, 3.05) is 11.6 Å². The largest absolute Gasteiger partial charge is 0.325 e. The molecule has 3 N–H and O–H groups in total. The normalized spacial score (nSPS) is 14.9. The Hall–Kier alpha value is -1.20. The Morgan fingerprint density at radius 3 is 2.50 bits per heavy atom. The molecule has 0 aromatic heterocycles. The van der Waals surface area contributed by atoms with Crippen molar-refractivity contribution < 1.29 is 9.00 Å². The molecule has 5 heteroatoms. The smallest absolute Gasteiger partial charge is 0.241 e. The highest BCUT2D eigenvalue weighted by molar-refractivity contribution is 7.84. The van der Waals surface area contributed by atoms with Crippen molar-refractivity contribution in [3.8, 4) is 0 Å². The van der Waals surface area contributed by atoms with Crippen molar-refractivity contribution >= 4 is 22.4 Å². The topological polar surface area (TPSA) is 72.2 Å². The van der Waals surface area contributed by atoms with E-state index in [0.29, 0.717) is 10.6 Å². The molecule has 1 unspecified atom stereocenters. The van der Waals surface area contributed by atoms with Gasteiger partial charge < -0.3 is 11.1 Å². The van der Waals surface area contributed by atoms with E-state index in [9.17, 15) is 9.00 Å². The molecule has 0 aliphatic carbocycles. The molecule has 1 aromatic rings. The van der Waals surface area contributed by atoms with Crippen LogP contribution in [-0.2, 0) is 15.6 Å². The van der Waals surface area contributed by atoms with E-state index in [1.165, 1.54) is 0 Å². The van der Waals surface area contributed by atoms with Gasteiger partial charge in [-0.15, -0.1) is 0 Å². The lowest BCUT2D eigenvalue weighted by Gasteiger charge is -2.25. The summed E-state index contributed by atoms with van der Waals surface area (Å²) in [6, 6.07) is 6.38. The van der Waals surface area contributed by atoms with Gasteiger partial charge in [0.15, 0.2) is 0 Å². The fraction of sp³-hybridized carbons (Fsp3) is 0.462. The summed E-state index contributed by atoms with van der Waals surface area (Å²) >= 11 is 0. The van der Waals surface area contributed by atoms with E-state index in [1.54, 1.807) is 30.5 Å². The highest BCUT2D eigenvalue weighted by atomic mass is 32.2. The lowest BCUT2D eigenvalue weighted by atomic mass is 9.87. The number of amides is 1. The molecule has 0 saturated carbocycles. The molecule has 0 spiro atoms. The van der Waals surface area contributed by atoms with E-state index in [0.717, 1.165) is 0 Å². The first-order valence-corrected chi connectivity index (χ1v) is 7.27. The molecule has 1 amide bonds. The summed E-state index contributed by atoms with van der Waals surface area (Å²) in [7, 11) is -1.06. The average molecular weight is 268 g/mol. The van der Waals surface area contributed by atoms with Gasteiger partial charge in [-0.05, 0) is 23.6 Å². The molecular weight excluding hydrogens is 248 g/mol. The molecule has 1 rings (SSSR count). The van der Waals surface area contributed by atoms with Crippen LogP contribution in [0, 0.1) is 5.41 Å². The summed E-state index contributed by atoms with van der Waals surface area (Å²) in [6.07, 6.45) is 1.60. The van der Waals surface area contributed by atoms with Crippen LogP contribution >= 0.6 is 0 Å². The summed E-state index contributed by atoms with van der Waals surface area (Å²) < 4.78 is 11.4. The lowest BCUT2D eigenvalue weighted by Crippen LogP contribution is -2.45. The van der Waals surface area contributed by atoms with Gasteiger partial charge >= 0.3 is 0 Å². The molecule has 1 aromatic carbocycles. The van der Waals surface area contributed by atoms with Gasteiger partial charge in [0.2, 0.25) is 5.91 Å². The van der Waals surface area contributed by atoms with Crippen LogP contribution in [0.3, 0.4) is 0 Å². The fourth-order valence-corrected chi connectivity index (χ4v) is 1.93. The minimum Gasteiger partial charge on any atom is -0.325 e. The van der Waals surface area contributed by atoms with Crippen LogP contribution in [0.2, 0.25) is 0 Å². The van der Waals surface area contributed by atoms with Gasteiger partial charge in [0.1, 0.15) is 0 Å². The molecule has 0 bridgehead atoms. The molecule has 100 valence electrons. The van der Waals surface area contributed by atoms with Crippen molar-refractivity contribution in [1.29, 1.82) is 0 Å². The molecule has 0 heterocycles. The molecule has 4 nitrogen and oxygen atoms in total. The Morgan fingerprint density at radius 2 is 2.00 bits per heavy atom. The molecule has 0 fully saturated rings. The molecule has 18 heavy (non-hydrogen) atoms. The number of carbonyl (C=O) groups excluding carboxylic acids is 1. The predicted octanol–water partition coefficient (Wildman–Crippen LogP) is 1.74. The number of hydrogen-bond donors (Lipinski definition) is 2. The van der Waals surface area contributed by atoms with Gasteiger partial charge in [-0.2, -0.15) is 0 Å². The average Bonchev–Trinajstić information content (AvgIpc) is 2.27. The minimum absolute atomic E-state index is 0.235. The summed E-state index contributed by atoms with van der Waals surface area (Å²) in [6.45, 7) is 5.73. The lowest BCUT2D eigenvalue weighted by molar-refractivity contribution is -0.119. The third-order valence-electron chi connectivity index (χ3n) is 2.65. The predicted molar refractivity (Wildman–Crippen MR) is 74.8 cm³/mol. The summed E-state index contributed by atoms with van der Waals surface area (Å²) in [5.74, 6) is -0.235. The van der Waals surface area contributed by atoms with Crippen LogP contribution in [0.25, 0.3) is 0 Å². The van der Waals surface area contributed by atoms with Crippen molar-refractivity contribution in [2.45, 2.75) is 31.7 Å². The Bertz CT molecular complexity index is 466. The van der Waals surface area contributed by atoms with Crippen molar-refractivity contribution in [2.24, 2.45) is 11.1 Å². The molecule has 2 atom stereocenters. The third kappa shape index (κ3) is 3.92. The number of benzene rings is 1. The highest BCUT2D eigenvalue weighted by Gasteiger charge is 2.27. The standard InChI is InChI=1S/C13H20N2O2S/c1-13(2,3)11(14)12(16)15-9-6-5-7-10(8-9)18(4)17/h5-8,11H,14H2,1-4H3,(H,15,16)/t11-,18?/m1/s1. The Labute approximate surface area is 110 Å². The van der Waals surface area contributed by atoms with Gasteiger partial charge in [-0.3, -0.25) is 9.00 Å². The number of carbonyl (C=O) groups is 1. The first-order valence-electron chi connectivity index (χ1n) is 5.72. The Balaban J connectivity index is 2.82. The second-order valence-electron chi connectivity index (χ2n) is 5.31. The fourth-order valence-electron chi connectivity index (χ4n) is 1.37. The van der Waals surface area contributed by atoms with Crippen molar-refractivity contribution in [3.05, 3.63) is 24.3 Å². The van der Waals surface area contributed by atoms with Crippen LogP contribution in [0.5, 0.6) is 0 Å². The summed E-state index contributed by atoms with van der Waals surface area (Å²) in [5, 5.41) is 2.75. The Morgan fingerprint density at radius 1 is 1.39 bits per heavy atom. The quantitative estimate of drug-likeness (QED) is 0.877. The van der Waals surface area contributed by atoms with E-state index in [4.69, 9.17) is 5.73 Å². The highest BCUT2D eigenvalue weighted by Crippen LogP contribution is 2.19. The molecule has 0 saturated heterocycles. The van der Waals surface area contributed by atoms with Gasteiger partial charge in [0.05, 0.1) is 6.04 Å². The zero-order valence-corrected chi connectivity index (χ0v) is 12.0. The van der Waals surface area contributed by atoms with Gasteiger partial charge in [0.25, 0.3) is 0 Å². The maximum atomic E-state index is 11.9. The van der Waals surface area contributed by atoms with Crippen LogP contribution in [0.15, 0.2) is 29.2 Å². The van der Waals surface area contributed by atoms with Crippen LogP contribution in [-0.4, -0.2) is 22.4 Å². The minimum atomic E-state index is -1.06. The van der Waals surface area contributed by atoms with Crippen LogP contribution in [0.1, 0.15) is 20.8 Å². The van der Waals surface area contributed by atoms with Gasteiger partial charge in [0, 0.05) is 27.6 Å². The zero-order valence-electron chi connectivity index (χ0n) is 11.2. The number of nitrogens with one attached hydrogen (secondary N) is 1. The van der Waals surface area contributed by atoms with Crippen LogP contribution < -0.4 is 11.1 Å². The first kappa shape index (κ1) is 14.9. The van der Waals surface area contributed by atoms with E-state index in [1.807, 2.05) is 20.8 Å². The molecule has 0 radical (unpaired) electrons. The second-order valence-corrected chi connectivity index (χ2v) is 6.69. The number of nitrogens with two attached hydrogens (primary N) is 1. The van der Waals surface area contributed by atoms with Crippen molar-refractivity contribution in [3.63, 3.8) is 0 Å². The van der Waals surface area contributed by atoms with Crippen molar-refractivity contribution in [1.82, 2.24) is 0 Å². The maximum absolute atomic E-state index is 11.9. The van der Waals surface area contributed by atoms with Gasteiger partial charge in [-0.1, -0.05) is 26.8 Å². The molecule has 0 aliphatic heterocycles. The number of anilines is 1. The van der Waals surface area contributed by atoms with Gasteiger partial charge in [-0.25, -0.2) is 0 Å². The van der Waals surface area contributed by atoms with E-state index >= 15 is 0 Å². The zero-order chi connectivity index (χ0) is 13.9. The Kier molecular flexibility index (Phi) is 4.65. The number of hydrogen-bond acceptors (Lipinski definition) is 3. The summed E-state index contributed by atoms with van der Waals surface area (Å²) in [5.41, 5.74) is 6.19. The van der Waals surface area contributed by atoms with E-state index in [2.05, 4.69) is 5.32 Å². The monoisotopic (exact) mass is 268 g/mol. The SMILES string of the molecule is CS(=O)c1cccc(NC(=O)[C@@H](N)C(C)(C)C)c1. The third-order valence-corrected chi connectivity index (χ3v) is 3.57. The molecular formula is C13H20N2O2S. The maximum Gasteiger partial charge on any atom is 0.241 e. The number of rotatable bonds is 3. The van der Waals surface area contributed by atoms with Crippen LogP contribution in [0.4, 0.5) is 5.69 Å².